The fourth-order valence-corrected chi connectivity index (χ4v) is 6.34. The molecule has 0 radical (unpaired) electrons. The van der Waals surface area contributed by atoms with Crippen molar-refractivity contribution in [2.24, 2.45) is 5.73 Å². The highest BCUT2D eigenvalue weighted by Crippen LogP contribution is 2.34. The molecule has 6 rings (SSSR count). The number of urea groups is 1. The maximum Gasteiger partial charge on any atom is 0.321 e. The summed E-state index contributed by atoms with van der Waals surface area (Å²) < 4.78 is 2.25. The van der Waals surface area contributed by atoms with Gasteiger partial charge in [0.25, 0.3) is 0 Å². The average molecular weight is 552 g/mol. The van der Waals surface area contributed by atoms with Gasteiger partial charge in [0.2, 0.25) is 5.95 Å². The van der Waals surface area contributed by atoms with Gasteiger partial charge in [-0.05, 0) is 63.5 Å². The third kappa shape index (κ3) is 5.91. The third-order valence-corrected chi connectivity index (χ3v) is 8.81. The minimum absolute atomic E-state index is 0.125. The summed E-state index contributed by atoms with van der Waals surface area (Å²) in [4.78, 5) is 29.3. The van der Waals surface area contributed by atoms with Gasteiger partial charge in [0.15, 0.2) is 17.0 Å². The quantitative estimate of drug-likeness (QED) is 0.324. The van der Waals surface area contributed by atoms with Gasteiger partial charge in [0.05, 0.1) is 17.0 Å². The molecule has 3 aromatic rings. The molecule has 1 aromatic carbocycles. The van der Waals surface area contributed by atoms with Crippen LogP contribution in [0.15, 0.2) is 30.6 Å². The Bertz CT molecular complexity index is 1290. The number of fused-ring (bicyclic) bond motifs is 1. The number of rotatable bonds is 6. The van der Waals surface area contributed by atoms with E-state index < -0.39 is 0 Å². The Morgan fingerprint density at radius 2 is 1.64 bits per heavy atom. The van der Waals surface area contributed by atoms with Crippen LogP contribution in [0.3, 0.4) is 0 Å². The first-order valence-corrected chi connectivity index (χ1v) is 14.7. The van der Waals surface area contributed by atoms with Gasteiger partial charge >= 0.3 is 6.03 Å². The summed E-state index contributed by atoms with van der Waals surface area (Å²) in [6.45, 7) is 1.29. The lowest BCUT2D eigenvalue weighted by molar-refractivity contribution is 0.197. The molecule has 0 bridgehead atoms. The van der Waals surface area contributed by atoms with E-state index in [0.717, 1.165) is 68.3 Å². The van der Waals surface area contributed by atoms with Gasteiger partial charge in [-0.1, -0.05) is 36.6 Å². The number of hydrogen-bond donors (Lipinski definition) is 4. The molecule has 3 heterocycles. The third-order valence-electron chi connectivity index (χ3n) is 8.48. The highest BCUT2D eigenvalue weighted by molar-refractivity contribution is 6.33. The molecule has 0 spiro atoms. The maximum absolute atomic E-state index is 12.8. The predicted molar refractivity (Wildman–Crippen MR) is 155 cm³/mol. The van der Waals surface area contributed by atoms with Crippen LogP contribution in [0.5, 0.6) is 0 Å². The summed E-state index contributed by atoms with van der Waals surface area (Å²) in [6, 6.07) is 8.43. The van der Waals surface area contributed by atoms with Gasteiger partial charge in [-0.3, -0.25) is 0 Å². The van der Waals surface area contributed by atoms with E-state index in [-0.39, 0.29) is 12.1 Å². The molecule has 1 saturated heterocycles. The Labute approximate surface area is 234 Å². The Hall–Kier alpha value is -3.11. The number of hydrogen-bond acceptors (Lipinski definition) is 7. The molecule has 11 heteroatoms. The molecule has 2 amide bonds. The first-order valence-electron chi connectivity index (χ1n) is 14.4. The van der Waals surface area contributed by atoms with Crippen LogP contribution in [0, 0.1) is 0 Å². The molecule has 5 N–H and O–H groups in total. The second kappa shape index (κ2) is 11.6. The molecule has 3 fully saturated rings. The molecule has 1 aliphatic heterocycles. The number of aromatic nitrogens is 4. The topological polar surface area (TPSA) is 126 Å². The number of amides is 2. The first-order chi connectivity index (χ1) is 19.0. The molecule has 208 valence electrons. The van der Waals surface area contributed by atoms with Crippen molar-refractivity contribution in [3.8, 4) is 0 Å². The van der Waals surface area contributed by atoms with E-state index >= 15 is 0 Å². The van der Waals surface area contributed by atoms with Crippen molar-refractivity contribution in [2.45, 2.75) is 88.4 Å². The monoisotopic (exact) mass is 551 g/mol. The number of halogens is 1. The van der Waals surface area contributed by atoms with E-state index in [2.05, 4.69) is 20.5 Å². The number of benzene rings is 1. The zero-order valence-corrected chi connectivity index (χ0v) is 23.0. The van der Waals surface area contributed by atoms with Crippen molar-refractivity contribution in [3.05, 3.63) is 35.6 Å². The van der Waals surface area contributed by atoms with Crippen LogP contribution in [-0.2, 0) is 0 Å². The Morgan fingerprint density at radius 1 is 0.923 bits per heavy atom. The highest BCUT2D eigenvalue weighted by Gasteiger charge is 2.27. The van der Waals surface area contributed by atoms with Crippen molar-refractivity contribution >= 4 is 46.2 Å². The van der Waals surface area contributed by atoms with Crippen molar-refractivity contribution in [3.63, 3.8) is 0 Å². The van der Waals surface area contributed by atoms with Gasteiger partial charge in [0.1, 0.15) is 0 Å². The second-order valence-corrected chi connectivity index (χ2v) is 11.6. The lowest BCUT2D eigenvalue weighted by atomic mass is 9.92. The van der Waals surface area contributed by atoms with Crippen LogP contribution in [0.1, 0.15) is 70.3 Å². The molecule has 2 aromatic heterocycles. The normalized spacial score (nSPS) is 22.8. The maximum atomic E-state index is 12.8. The summed E-state index contributed by atoms with van der Waals surface area (Å²) >= 11 is 6.22. The van der Waals surface area contributed by atoms with E-state index in [4.69, 9.17) is 32.3 Å². The molecular formula is C28H38ClN9O. The van der Waals surface area contributed by atoms with Crippen molar-refractivity contribution in [2.75, 3.05) is 29.0 Å². The number of nitrogens with one attached hydrogen (secondary N) is 3. The minimum Gasteiger partial charge on any atom is -0.365 e. The van der Waals surface area contributed by atoms with Gasteiger partial charge in [-0.25, -0.2) is 9.78 Å². The van der Waals surface area contributed by atoms with Crippen LogP contribution in [0.4, 0.5) is 22.2 Å². The van der Waals surface area contributed by atoms with E-state index in [1.165, 1.54) is 12.8 Å². The fraction of sp³-hybridized carbons (Fsp3) is 0.571. The summed E-state index contributed by atoms with van der Waals surface area (Å²) in [7, 11) is 0. The number of carbonyl (C=O) groups is 1. The van der Waals surface area contributed by atoms with E-state index in [1.807, 2.05) is 29.4 Å². The number of nitrogens with two attached hydrogens (primary N) is 1. The Morgan fingerprint density at radius 3 is 2.38 bits per heavy atom. The smallest absolute Gasteiger partial charge is 0.321 e. The summed E-state index contributed by atoms with van der Waals surface area (Å²) in [6.07, 6.45) is 12.5. The second-order valence-electron chi connectivity index (χ2n) is 11.2. The molecule has 10 nitrogen and oxygen atoms in total. The van der Waals surface area contributed by atoms with Crippen molar-refractivity contribution in [1.29, 1.82) is 0 Å². The van der Waals surface area contributed by atoms with Gasteiger partial charge in [-0.15, -0.1) is 0 Å². The largest absolute Gasteiger partial charge is 0.365 e. The van der Waals surface area contributed by atoms with Gasteiger partial charge in [-0.2, -0.15) is 9.97 Å². The Kier molecular flexibility index (Phi) is 7.74. The number of imidazole rings is 1. The molecule has 0 unspecified atom stereocenters. The minimum atomic E-state index is -0.125. The molecule has 0 atom stereocenters. The van der Waals surface area contributed by atoms with Crippen LogP contribution in [0.2, 0.25) is 5.02 Å². The zero-order chi connectivity index (χ0) is 26.8. The SMILES string of the molecule is NC1CCC(Nc2nc(NC3CCN(C(=O)Nc4ccccc4Cl)CC3)c3ncn(C4CCCC4)c3n2)CC1. The van der Waals surface area contributed by atoms with Crippen molar-refractivity contribution in [1.82, 2.24) is 24.4 Å². The standard InChI is InChI=1S/C28H38ClN9O/c29-22-7-3-4-8-23(22)34-28(39)37-15-13-20(14-16-37)32-25-24-26(38(17-31-24)21-5-1-2-6-21)36-27(35-25)33-19-11-9-18(30)10-12-19/h3-4,7-8,17-21H,1-2,5-6,9-16,30H2,(H,34,39)(H2,32,33,35,36). The molecule has 2 saturated carbocycles. The first kappa shape index (κ1) is 26.1. The van der Waals surface area contributed by atoms with E-state index in [0.29, 0.717) is 47.9 Å². The van der Waals surface area contributed by atoms with E-state index in [1.54, 1.807) is 6.07 Å². The molecular weight excluding hydrogens is 514 g/mol. The number of nitrogens with zero attached hydrogens (tertiary/aromatic N) is 5. The van der Waals surface area contributed by atoms with Crippen LogP contribution >= 0.6 is 11.6 Å². The number of anilines is 3. The lowest BCUT2D eigenvalue weighted by Gasteiger charge is -2.33. The predicted octanol–water partition coefficient (Wildman–Crippen LogP) is 5.39. The number of piperidine rings is 1. The zero-order valence-electron chi connectivity index (χ0n) is 22.3. The molecule has 3 aliphatic rings. The van der Waals surface area contributed by atoms with Crippen LogP contribution in [0.25, 0.3) is 11.2 Å². The molecule has 2 aliphatic carbocycles. The molecule has 39 heavy (non-hydrogen) atoms. The van der Waals surface area contributed by atoms with Gasteiger partial charge in [0, 0.05) is 37.3 Å². The van der Waals surface area contributed by atoms with E-state index in [9.17, 15) is 4.79 Å². The number of para-hydroxylation sites is 1. The van der Waals surface area contributed by atoms with Crippen LogP contribution < -0.4 is 21.7 Å². The van der Waals surface area contributed by atoms with Crippen molar-refractivity contribution < 1.29 is 4.79 Å². The summed E-state index contributed by atoms with van der Waals surface area (Å²) in [5.74, 6) is 1.42. The average Bonchev–Trinajstić information content (AvgIpc) is 3.62. The highest BCUT2D eigenvalue weighted by atomic mass is 35.5. The lowest BCUT2D eigenvalue weighted by Crippen LogP contribution is -2.44. The number of carbonyl (C=O) groups excluding carboxylic acids is 1. The summed E-state index contributed by atoms with van der Waals surface area (Å²) in [5, 5.41) is 10.7. The van der Waals surface area contributed by atoms with Crippen LogP contribution in [-0.4, -0.2) is 61.7 Å². The number of likely N-dealkylation sites (tertiary alicyclic amines) is 1. The van der Waals surface area contributed by atoms with Gasteiger partial charge < -0.3 is 31.2 Å². The Balaban J connectivity index is 1.16. The fourth-order valence-electron chi connectivity index (χ4n) is 6.15. The summed E-state index contributed by atoms with van der Waals surface area (Å²) in [5.41, 5.74) is 8.47.